The van der Waals surface area contributed by atoms with Gasteiger partial charge in [0.25, 0.3) is 0 Å². The number of urea groups is 1. The van der Waals surface area contributed by atoms with E-state index in [1.54, 1.807) is 0 Å². The second kappa shape index (κ2) is 5.80. The van der Waals surface area contributed by atoms with Gasteiger partial charge in [0.2, 0.25) is 0 Å². The third-order valence-electron chi connectivity index (χ3n) is 2.79. The molecule has 0 bridgehead atoms. The van der Waals surface area contributed by atoms with Crippen LogP contribution in [0.5, 0.6) is 0 Å². The molecule has 2 N–H and O–H groups in total. The van der Waals surface area contributed by atoms with Gasteiger partial charge in [0, 0.05) is 10.6 Å². The van der Waals surface area contributed by atoms with Crippen molar-refractivity contribution >= 4 is 30.0 Å². The lowest BCUT2D eigenvalue weighted by molar-refractivity contribution is 0.262. The van der Waals surface area contributed by atoms with Gasteiger partial charge in [-0.1, -0.05) is 24.3 Å². The van der Waals surface area contributed by atoms with Crippen LogP contribution in [0.3, 0.4) is 0 Å². The smallest absolute Gasteiger partial charge is 0.307 e. The van der Waals surface area contributed by atoms with E-state index in [0.29, 0.717) is 5.69 Å². The lowest BCUT2D eigenvalue weighted by Crippen LogP contribution is -2.20. The highest BCUT2D eigenvalue weighted by Gasteiger charge is 2.06. The molecule has 2 aromatic rings. The van der Waals surface area contributed by atoms with Gasteiger partial charge < -0.3 is 10.6 Å². The molecule has 98 valence electrons. The van der Waals surface area contributed by atoms with E-state index in [0.717, 1.165) is 21.7 Å². The molecule has 0 saturated heterocycles. The second-order valence-electron chi connectivity index (χ2n) is 4.41. The number of para-hydroxylation sites is 1. The highest BCUT2D eigenvalue weighted by molar-refractivity contribution is 7.80. The molecular weight excluding hydrogens is 256 g/mol. The predicted molar refractivity (Wildman–Crippen MR) is 82.3 cm³/mol. The number of thiol groups is 1. The van der Waals surface area contributed by atoms with Crippen LogP contribution in [-0.2, 0) is 0 Å². The van der Waals surface area contributed by atoms with Crippen molar-refractivity contribution in [2.24, 2.45) is 0 Å². The predicted octanol–water partition coefficient (Wildman–Crippen LogP) is 4.24. The normalized spacial score (nSPS) is 10.1. The molecule has 0 fully saturated rings. The third kappa shape index (κ3) is 3.51. The molecular formula is C15H16N2OS. The lowest BCUT2D eigenvalue weighted by atomic mass is 10.1. The van der Waals surface area contributed by atoms with Crippen molar-refractivity contribution in [3.63, 3.8) is 0 Å². The van der Waals surface area contributed by atoms with Gasteiger partial charge in [-0.2, -0.15) is 0 Å². The molecule has 0 spiro atoms. The number of carbonyl (C=O) groups is 1. The summed E-state index contributed by atoms with van der Waals surface area (Å²) >= 11 is 4.29. The van der Waals surface area contributed by atoms with Crippen molar-refractivity contribution in [1.82, 2.24) is 0 Å². The number of carbonyl (C=O) groups excluding carboxylic acids is 1. The minimum atomic E-state index is -0.268. The van der Waals surface area contributed by atoms with E-state index in [-0.39, 0.29) is 6.03 Å². The molecule has 0 aromatic heterocycles. The molecule has 0 aliphatic heterocycles. The number of anilines is 2. The van der Waals surface area contributed by atoms with Crippen LogP contribution in [-0.4, -0.2) is 6.03 Å². The Bertz CT molecular complexity index is 611. The first kappa shape index (κ1) is 13.5. The molecule has 3 nitrogen and oxygen atoms in total. The van der Waals surface area contributed by atoms with Gasteiger partial charge in [-0.15, -0.1) is 12.6 Å². The lowest BCUT2D eigenvalue weighted by Gasteiger charge is -2.11. The first-order valence-corrected chi connectivity index (χ1v) is 6.44. The Morgan fingerprint density at radius 3 is 2.42 bits per heavy atom. The topological polar surface area (TPSA) is 41.1 Å². The van der Waals surface area contributed by atoms with E-state index in [4.69, 9.17) is 0 Å². The Morgan fingerprint density at radius 1 is 1.00 bits per heavy atom. The fraction of sp³-hybridized carbons (Fsp3) is 0.133. The number of rotatable bonds is 2. The molecule has 0 aliphatic carbocycles. The van der Waals surface area contributed by atoms with Gasteiger partial charge in [0.15, 0.2) is 0 Å². The summed E-state index contributed by atoms with van der Waals surface area (Å²) in [5, 5.41) is 5.62. The van der Waals surface area contributed by atoms with Crippen molar-refractivity contribution in [2.75, 3.05) is 10.6 Å². The van der Waals surface area contributed by atoms with E-state index >= 15 is 0 Å². The molecule has 2 amide bonds. The Morgan fingerprint density at radius 2 is 1.68 bits per heavy atom. The summed E-state index contributed by atoms with van der Waals surface area (Å²) in [5.41, 5.74) is 3.64. The van der Waals surface area contributed by atoms with Gasteiger partial charge in [-0.25, -0.2) is 4.79 Å². The highest BCUT2D eigenvalue weighted by Crippen LogP contribution is 2.20. The Balaban J connectivity index is 2.10. The summed E-state index contributed by atoms with van der Waals surface area (Å²) < 4.78 is 0. The number of nitrogens with one attached hydrogen (secondary N) is 2. The van der Waals surface area contributed by atoms with Crippen LogP contribution < -0.4 is 10.6 Å². The molecule has 0 unspecified atom stereocenters. The van der Waals surface area contributed by atoms with Crippen LogP contribution in [0.1, 0.15) is 11.1 Å². The third-order valence-corrected chi connectivity index (χ3v) is 3.18. The first-order valence-electron chi connectivity index (χ1n) is 5.99. The van der Waals surface area contributed by atoms with E-state index < -0.39 is 0 Å². The zero-order valence-electron chi connectivity index (χ0n) is 10.9. The number of hydrogen-bond acceptors (Lipinski definition) is 2. The number of benzene rings is 2. The molecule has 19 heavy (non-hydrogen) atoms. The molecule has 0 saturated carbocycles. The molecule has 0 aliphatic rings. The van der Waals surface area contributed by atoms with Crippen molar-refractivity contribution in [1.29, 1.82) is 0 Å². The van der Waals surface area contributed by atoms with Gasteiger partial charge in [0.1, 0.15) is 0 Å². The van der Waals surface area contributed by atoms with Crippen LogP contribution in [0.2, 0.25) is 0 Å². The summed E-state index contributed by atoms with van der Waals surface area (Å²) in [6.45, 7) is 3.95. The molecule has 2 aromatic carbocycles. The van der Waals surface area contributed by atoms with Gasteiger partial charge >= 0.3 is 6.03 Å². The Hall–Kier alpha value is -1.94. The molecule has 2 rings (SSSR count). The summed E-state index contributed by atoms with van der Waals surface area (Å²) in [5.74, 6) is 0. The van der Waals surface area contributed by atoms with Crippen LogP contribution in [0.15, 0.2) is 47.4 Å². The summed E-state index contributed by atoms with van der Waals surface area (Å²) in [6.07, 6.45) is 0. The first-order chi connectivity index (χ1) is 9.06. The summed E-state index contributed by atoms with van der Waals surface area (Å²) in [4.78, 5) is 12.7. The standard InChI is InChI=1S/C15H16N2OS/c1-10-7-8-11(2)13(9-10)17-15(18)16-12-5-3-4-6-14(12)19/h3-9,19H,1-2H3,(H2,16,17,18). The number of amides is 2. The highest BCUT2D eigenvalue weighted by atomic mass is 32.1. The summed E-state index contributed by atoms with van der Waals surface area (Å²) in [7, 11) is 0. The Kier molecular flexibility index (Phi) is 4.12. The largest absolute Gasteiger partial charge is 0.323 e. The SMILES string of the molecule is Cc1ccc(C)c(NC(=O)Nc2ccccc2S)c1. The van der Waals surface area contributed by atoms with Crippen LogP contribution in [0.25, 0.3) is 0 Å². The minimum absolute atomic E-state index is 0.268. The average Bonchev–Trinajstić information content (AvgIpc) is 2.37. The van der Waals surface area contributed by atoms with Gasteiger partial charge in [-0.05, 0) is 43.2 Å². The van der Waals surface area contributed by atoms with Crippen LogP contribution in [0, 0.1) is 13.8 Å². The van der Waals surface area contributed by atoms with Crippen molar-refractivity contribution in [2.45, 2.75) is 18.7 Å². The minimum Gasteiger partial charge on any atom is -0.307 e. The molecule has 4 heteroatoms. The second-order valence-corrected chi connectivity index (χ2v) is 4.90. The zero-order chi connectivity index (χ0) is 13.8. The van der Waals surface area contributed by atoms with Gasteiger partial charge in [0.05, 0.1) is 5.69 Å². The number of hydrogen-bond donors (Lipinski definition) is 3. The maximum absolute atomic E-state index is 11.9. The van der Waals surface area contributed by atoms with Crippen LogP contribution in [0.4, 0.5) is 16.2 Å². The van der Waals surface area contributed by atoms with Crippen molar-refractivity contribution in [3.05, 3.63) is 53.6 Å². The maximum Gasteiger partial charge on any atom is 0.323 e. The quantitative estimate of drug-likeness (QED) is 0.703. The molecule has 0 atom stereocenters. The average molecular weight is 272 g/mol. The van der Waals surface area contributed by atoms with E-state index in [2.05, 4.69) is 23.3 Å². The molecule has 0 heterocycles. The number of aryl methyl sites for hydroxylation is 2. The van der Waals surface area contributed by atoms with Crippen molar-refractivity contribution < 1.29 is 4.79 Å². The van der Waals surface area contributed by atoms with E-state index in [1.807, 2.05) is 56.3 Å². The zero-order valence-corrected chi connectivity index (χ0v) is 11.8. The Labute approximate surface area is 118 Å². The fourth-order valence-electron chi connectivity index (χ4n) is 1.73. The van der Waals surface area contributed by atoms with Gasteiger partial charge in [-0.3, -0.25) is 0 Å². The molecule has 0 radical (unpaired) electrons. The van der Waals surface area contributed by atoms with Crippen LogP contribution >= 0.6 is 12.6 Å². The maximum atomic E-state index is 11.9. The van der Waals surface area contributed by atoms with E-state index in [1.165, 1.54) is 0 Å². The monoisotopic (exact) mass is 272 g/mol. The van der Waals surface area contributed by atoms with Crippen molar-refractivity contribution in [3.8, 4) is 0 Å². The summed E-state index contributed by atoms with van der Waals surface area (Å²) in [6, 6.07) is 13.0. The van der Waals surface area contributed by atoms with E-state index in [9.17, 15) is 4.79 Å². The fourth-order valence-corrected chi connectivity index (χ4v) is 1.94.